The van der Waals surface area contributed by atoms with Crippen LogP contribution < -0.4 is 11.1 Å². The number of nitrogens with zero attached hydrogens (tertiary/aromatic N) is 3. The molecule has 0 aliphatic carbocycles. The average Bonchev–Trinajstić information content (AvgIpc) is 3.06. The number of aromatic nitrogens is 4. The van der Waals surface area contributed by atoms with Gasteiger partial charge in [0.15, 0.2) is 0 Å². The van der Waals surface area contributed by atoms with E-state index >= 15 is 0 Å². The van der Waals surface area contributed by atoms with Gasteiger partial charge >= 0.3 is 0 Å². The largest absolute Gasteiger partial charge is 0.383 e. The van der Waals surface area contributed by atoms with Gasteiger partial charge in [0.1, 0.15) is 22.4 Å². The summed E-state index contributed by atoms with van der Waals surface area (Å²) in [5.74, 6) is 0.119. The van der Waals surface area contributed by atoms with Crippen LogP contribution in [0.2, 0.25) is 5.15 Å². The lowest BCUT2D eigenvalue weighted by Crippen LogP contribution is -2.01. The molecule has 130 valence electrons. The Kier molecular flexibility index (Phi) is 4.14. The maximum Gasteiger partial charge on any atom is 0.230 e. The smallest absolute Gasteiger partial charge is 0.230 e. The Bertz CT molecular complexity index is 1070. The fourth-order valence-electron chi connectivity index (χ4n) is 2.77. The minimum absolute atomic E-state index is 0.213. The van der Waals surface area contributed by atoms with Crippen molar-refractivity contribution in [2.24, 2.45) is 0 Å². The van der Waals surface area contributed by atoms with E-state index in [2.05, 4.69) is 25.3 Å². The number of nitrogens with two attached hydrogens (primary N) is 1. The molecule has 3 heterocycles. The lowest BCUT2D eigenvalue weighted by molar-refractivity contribution is 0.615. The van der Waals surface area contributed by atoms with Crippen LogP contribution in [-0.4, -0.2) is 19.9 Å². The monoisotopic (exact) mass is 368 g/mol. The van der Waals surface area contributed by atoms with Crippen LogP contribution in [0.5, 0.6) is 0 Å². The number of H-pyrrole nitrogens is 1. The first-order chi connectivity index (χ1) is 12.6. The molecule has 0 aliphatic heterocycles. The minimum Gasteiger partial charge on any atom is -0.383 e. The summed E-state index contributed by atoms with van der Waals surface area (Å²) < 4.78 is 14.6. The third-order valence-corrected chi connectivity index (χ3v) is 4.15. The summed E-state index contributed by atoms with van der Waals surface area (Å²) in [5, 5.41) is 4.10. The van der Waals surface area contributed by atoms with Crippen LogP contribution >= 0.6 is 11.6 Å². The number of halogens is 2. The number of benzene rings is 1. The third kappa shape index (κ3) is 3.29. The van der Waals surface area contributed by atoms with Gasteiger partial charge in [0.2, 0.25) is 5.95 Å². The lowest BCUT2D eigenvalue weighted by Gasteiger charge is -2.09. The molecule has 8 heteroatoms. The van der Waals surface area contributed by atoms with E-state index in [-0.39, 0.29) is 22.7 Å². The van der Waals surface area contributed by atoms with Gasteiger partial charge in [0, 0.05) is 36.0 Å². The van der Waals surface area contributed by atoms with Gasteiger partial charge < -0.3 is 16.0 Å². The molecule has 0 unspecified atom stereocenters. The predicted molar refractivity (Wildman–Crippen MR) is 100 cm³/mol. The van der Waals surface area contributed by atoms with Crippen molar-refractivity contribution in [3.8, 4) is 0 Å². The van der Waals surface area contributed by atoms with Crippen LogP contribution in [0.4, 0.5) is 21.8 Å². The van der Waals surface area contributed by atoms with Crippen LogP contribution in [0.25, 0.3) is 11.0 Å². The van der Waals surface area contributed by atoms with Crippen molar-refractivity contribution < 1.29 is 4.39 Å². The molecule has 0 radical (unpaired) electrons. The van der Waals surface area contributed by atoms with E-state index in [0.717, 1.165) is 16.6 Å². The second-order valence-corrected chi connectivity index (χ2v) is 6.14. The van der Waals surface area contributed by atoms with Crippen molar-refractivity contribution in [3.05, 3.63) is 70.9 Å². The van der Waals surface area contributed by atoms with Crippen LogP contribution in [0.3, 0.4) is 0 Å². The lowest BCUT2D eigenvalue weighted by atomic mass is 10.0. The van der Waals surface area contributed by atoms with Gasteiger partial charge in [-0.2, -0.15) is 4.98 Å². The van der Waals surface area contributed by atoms with Crippen LogP contribution in [0, 0.1) is 5.82 Å². The Morgan fingerprint density at radius 2 is 2.00 bits per heavy atom. The van der Waals surface area contributed by atoms with E-state index in [1.165, 1.54) is 12.1 Å². The Hall–Kier alpha value is -3.19. The van der Waals surface area contributed by atoms with Crippen molar-refractivity contribution in [1.82, 2.24) is 19.9 Å². The molecule has 26 heavy (non-hydrogen) atoms. The van der Waals surface area contributed by atoms with E-state index in [0.29, 0.717) is 17.7 Å². The molecule has 3 aromatic heterocycles. The standard InChI is InChI=1S/C18H14ClFN6/c19-15-9-16(21)26-18(25-15)24-12-2-1-11(14(20)8-12)7-10-3-5-22-17-13(10)4-6-23-17/h1-6,8-9H,7H2,(H,22,23)(H3,21,24,25,26). The van der Waals surface area contributed by atoms with Gasteiger partial charge in [0.05, 0.1) is 0 Å². The van der Waals surface area contributed by atoms with Crippen molar-refractivity contribution >= 4 is 40.1 Å². The number of anilines is 3. The highest BCUT2D eigenvalue weighted by Crippen LogP contribution is 2.23. The molecule has 0 amide bonds. The zero-order chi connectivity index (χ0) is 18.1. The summed E-state index contributed by atoms with van der Waals surface area (Å²) in [7, 11) is 0. The van der Waals surface area contributed by atoms with Crippen LogP contribution in [0.15, 0.2) is 48.8 Å². The number of hydrogen-bond acceptors (Lipinski definition) is 5. The molecular weight excluding hydrogens is 355 g/mol. The SMILES string of the molecule is Nc1cc(Cl)nc(Nc2ccc(Cc3ccnc4[nH]ccc34)c(F)c2)n1. The maximum atomic E-state index is 14.6. The maximum absolute atomic E-state index is 14.6. The van der Waals surface area contributed by atoms with E-state index in [4.69, 9.17) is 17.3 Å². The molecule has 6 nitrogen and oxygen atoms in total. The van der Waals surface area contributed by atoms with Crippen molar-refractivity contribution in [1.29, 1.82) is 0 Å². The number of aromatic amines is 1. The average molecular weight is 369 g/mol. The molecule has 0 bridgehead atoms. The summed E-state index contributed by atoms with van der Waals surface area (Å²) in [5.41, 5.74) is 8.51. The zero-order valence-corrected chi connectivity index (χ0v) is 14.3. The molecule has 0 saturated carbocycles. The van der Waals surface area contributed by atoms with Gasteiger partial charge in [0.25, 0.3) is 0 Å². The molecule has 4 rings (SSSR count). The van der Waals surface area contributed by atoms with E-state index in [1.54, 1.807) is 18.3 Å². The Labute approximate surface area is 153 Å². The summed E-state index contributed by atoms with van der Waals surface area (Å²) in [6.45, 7) is 0. The third-order valence-electron chi connectivity index (χ3n) is 3.96. The number of fused-ring (bicyclic) bond motifs is 1. The van der Waals surface area contributed by atoms with E-state index in [9.17, 15) is 4.39 Å². The molecule has 0 atom stereocenters. The summed E-state index contributed by atoms with van der Waals surface area (Å²) >= 11 is 5.85. The van der Waals surface area contributed by atoms with E-state index in [1.807, 2.05) is 18.3 Å². The van der Waals surface area contributed by atoms with Crippen molar-refractivity contribution in [2.75, 3.05) is 11.1 Å². The first kappa shape index (κ1) is 16.3. The zero-order valence-electron chi connectivity index (χ0n) is 13.5. The normalized spacial score (nSPS) is 11.0. The Balaban J connectivity index is 1.59. The number of hydrogen-bond donors (Lipinski definition) is 3. The summed E-state index contributed by atoms with van der Waals surface area (Å²) in [6, 6.07) is 10.1. The molecule has 0 saturated heterocycles. The number of nitrogen functional groups attached to an aromatic ring is 1. The molecule has 0 spiro atoms. The molecule has 4 N–H and O–H groups in total. The highest BCUT2D eigenvalue weighted by atomic mass is 35.5. The Morgan fingerprint density at radius 1 is 1.12 bits per heavy atom. The quantitative estimate of drug-likeness (QED) is 0.472. The second kappa shape index (κ2) is 6.61. The topological polar surface area (TPSA) is 92.5 Å². The highest BCUT2D eigenvalue weighted by Gasteiger charge is 2.09. The molecule has 1 aromatic carbocycles. The summed E-state index contributed by atoms with van der Waals surface area (Å²) in [4.78, 5) is 15.3. The van der Waals surface area contributed by atoms with Crippen molar-refractivity contribution in [3.63, 3.8) is 0 Å². The number of nitrogens with one attached hydrogen (secondary N) is 2. The first-order valence-corrected chi connectivity index (χ1v) is 8.23. The Morgan fingerprint density at radius 3 is 2.81 bits per heavy atom. The molecule has 0 fully saturated rings. The fraction of sp³-hybridized carbons (Fsp3) is 0.0556. The van der Waals surface area contributed by atoms with Crippen LogP contribution in [0.1, 0.15) is 11.1 Å². The van der Waals surface area contributed by atoms with Gasteiger partial charge in [-0.1, -0.05) is 17.7 Å². The van der Waals surface area contributed by atoms with Gasteiger partial charge in [-0.25, -0.2) is 14.4 Å². The first-order valence-electron chi connectivity index (χ1n) is 7.85. The van der Waals surface area contributed by atoms with E-state index < -0.39 is 0 Å². The van der Waals surface area contributed by atoms with Crippen molar-refractivity contribution in [2.45, 2.75) is 6.42 Å². The predicted octanol–water partition coefficient (Wildman–Crippen LogP) is 4.06. The second-order valence-electron chi connectivity index (χ2n) is 5.76. The molecule has 0 aliphatic rings. The fourth-order valence-corrected chi connectivity index (χ4v) is 2.96. The number of rotatable bonds is 4. The molecule has 4 aromatic rings. The van der Waals surface area contributed by atoms with Crippen LogP contribution in [-0.2, 0) is 6.42 Å². The number of pyridine rings is 1. The van der Waals surface area contributed by atoms with Gasteiger partial charge in [-0.05, 0) is 35.4 Å². The molecular formula is C18H14ClFN6. The van der Waals surface area contributed by atoms with Gasteiger partial charge in [-0.15, -0.1) is 0 Å². The summed E-state index contributed by atoms with van der Waals surface area (Å²) in [6.07, 6.45) is 3.99. The highest BCUT2D eigenvalue weighted by molar-refractivity contribution is 6.29. The van der Waals surface area contributed by atoms with Gasteiger partial charge in [-0.3, -0.25) is 0 Å². The minimum atomic E-state index is -0.328.